The molecule has 3 rings (SSSR count). The van der Waals surface area contributed by atoms with Crippen LogP contribution in [0.25, 0.3) is 22.4 Å². The highest BCUT2D eigenvalue weighted by Crippen LogP contribution is 2.45. The highest BCUT2D eigenvalue weighted by molar-refractivity contribution is 7.90. The molecule has 0 fully saturated rings. The maximum absolute atomic E-state index is 13.7. The van der Waals surface area contributed by atoms with Crippen molar-refractivity contribution in [2.75, 3.05) is 12.0 Å². The van der Waals surface area contributed by atoms with Gasteiger partial charge in [0.15, 0.2) is 9.84 Å². The summed E-state index contributed by atoms with van der Waals surface area (Å²) >= 11 is 6.20. The zero-order valence-electron chi connectivity index (χ0n) is 17.4. The predicted octanol–water partition coefficient (Wildman–Crippen LogP) is 4.56. The molecule has 2 unspecified atom stereocenters. The second-order valence-corrected chi connectivity index (χ2v) is 11.4. The third-order valence-electron chi connectivity index (χ3n) is 4.92. The van der Waals surface area contributed by atoms with E-state index in [-0.39, 0.29) is 21.8 Å². The Kier molecular flexibility index (Phi) is 7.37. The fraction of sp³-hybridized carbons (Fsp3) is 0.238. The van der Waals surface area contributed by atoms with Gasteiger partial charge in [0.1, 0.15) is 6.33 Å². The van der Waals surface area contributed by atoms with Crippen molar-refractivity contribution in [3.05, 3.63) is 66.6 Å². The van der Waals surface area contributed by atoms with E-state index in [1.807, 2.05) is 0 Å². The van der Waals surface area contributed by atoms with Crippen LogP contribution in [0.2, 0.25) is 0 Å². The average Bonchev–Trinajstić information content (AvgIpc) is 2.75. The summed E-state index contributed by atoms with van der Waals surface area (Å²) in [6.45, 7) is 0. The lowest BCUT2D eigenvalue weighted by molar-refractivity contribution is -0.169. The summed E-state index contributed by atoms with van der Waals surface area (Å²) in [6, 6.07) is 13.7. The summed E-state index contributed by atoms with van der Waals surface area (Å²) in [5.74, 6) is -4.32. The van der Waals surface area contributed by atoms with Gasteiger partial charge in [0.05, 0.1) is 33.3 Å². The molecule has 0 aliphatic rings. The Labute approximate surface area is 199 Å². The topological polar surface area (TPSA) is 114 Å². The van der Waals surface area contributed by atoms with Gasteiger partial charge in [-0.1, -0.05) is 42.5 Å². The monoisotopic (exact) mass is 534 g/mol. The van der Waals surface area contributed by atoms with Crippen molar-refractivity contribution in [1.29, 1.82) is 0 Å². The zero-order chi connectivity index (χ0) is 25.3. The molecule has 34 heavy (non-hydrogen) atoms. The molecule has 0 aliphatic heterocycles. The number of nitrogens with zero attached hydrogens (tertiary/aromatic N) is 2. The molecule has 0 spiro atoms. The van der Waals surface area contributed by atoms with Gasteiger partial charge in [0.2, 0.25) is 0 Å². The number of alkyl halides is 4. The molecule has 2 atom stereocenters. The van der Waals surface area contributed by atoms with E-state index in [9.17, 15) is 30.0 Å². The maximum atomic E-state index is 13.7. The molecule has 0 aliphatic carbocycles. The number of halogens is 4. The second kappa shape index (κ2) is 9.61. The highest BCUT2D eigenvalue weighted by Gasteiger charge is 2.48. The minimum atomic E-state index is -5.07. The van der Waals surface area contributed by atoms with E-state index in [2.05, 4.69) is 9.97 Å². The largest absolute Gasteiger partial charge is 0.394 e. The van der Waals surface area contributed by atoms with Crippen molar-refractivity contribution < 1.29 is 34.6 Å². The number of hydrogen-bond donors (Lipinski definition) is 1. The van der Waals surface area contributed by atoms with Gasteiger partial charge in [-0.3, -0.25) is 4.55 Å². The second-order valence-electron chi connectivity index (χ2n) is 7.44. The Bertz CT molecular complexity index is 1380. The molecule has 2 aromatic carbocycles. The molecule has 13 heteroatoms. The summed E-state index contributed by atoms with van der Waals surface area (Å²) in [5.41, 5.74) is 0.751. The number of rotatable bonds is 7. The van der Waals surface area contributed by atoms with E-state index in [0.29, 0.717) is 11.1 Å². The molecule has 0 bridgehead atoms. The summed E-state index contributed by atoms with van der Waals surface area (Å²) in [7, 11) is -8.51. The average molecular weight is 535 g/mol. The third kappa shape index (κ3) is 6.12. The zero-order valence-corrected chi connectivity index (χ0v) is 19.8. The predicted molar refractivity (Wildman–Crippen MR) is 121 cm³/mol. The van der Waals surface area contributed by atoms with Crippen molar-refractivity contribution in [2.24, 2.45) is 5.92 Å². The molecule has 3 aromatic rings. The van der Waals surface area contributed by atoms with Crippen molar-refractivity contribution in [2.45, 2.75) is 16.4 Å². The number of aromatic nitrogens is 2. The van der Waals surface area contributed by atoms with E-state index in [1.54, 1.807) is 30.3 Å². The summed E-state index contributed by atoms with van der Waals surface area (Å²) < 4.78 is 96.5. The van der Waals surface area contributed by atoms with Crippen LogP contribution in [0, 0.1) is 5.92 Å². The standard InChI is InChI=1S/C21H18ClF3N2O5S2/c1-33(28,29)15-9-7-14(8-10-15)19-17(13-5-3-2-4-6-13)20(27-12-26-19)18(22)16(21(23,24)25)11-34(30,31)32/h2-10,12,16,18H,11H2,1H3,(H,30,31,32). The Balaban J connectivity index is 2.25. The molecule has 1 N–H and O–H groups in total. The first kappa shape index (κ1) is 26.1. The van der Waals surface area contributed by atoms with Crippen LogP contribution in [0.1, 0.15) is 11.1 Å². The minimum Gasteiger partial charge on any atom is -0.286 e. The van der Waals surface area contributed by atoms with E-state index in [0.717, 1.165) is 12.6 Å². The van der Waals surface area contributed by atoms with Crippen molar-refractivity contribution in [3.8, 4) is 22.4 Å². The molecular weight excluding hydrogens is 517 g/mol. The maximum Gasteiger partial charge on any atom is 0.394 e. The molecular formula is C21H18ClF3N2O5S2. The van der Waals surface area contributed by atoms with Crippen LogP contribution >= 0.6 is 11.6 Å². The fourth-order valence-electron chi connectivity index (χ4n) is 3.34. The smallest absolute Gasteiger partial charge is 0.286 e. The van der Waals surface area contributed by atoms with E-state index < -0.39 is 43.2 Å². The Morgan fingerprint density at radius 2 is 1.53 bits per heavy atom. The Morgan fingerprint density at radius 3 is 2.03 bits per heavy atom. The fourth-order valence-corrected chi connectivity index (χ4v) is 5.31. The Morgan fingerprint density at radius 1 is 0.941 bits per heavy atom. The van der Waals surface area contributed by atoms with Crippen LogP contribution in [-0.4, -0.2) is 49.5 Å². The van der Waals surface area contributed by atoms with Crippen LogP contribution < -0.4 is 0 Å². The van der Waals surface area contributed by atoms with Gasteiger partial charge in [-0.25, -0.2) is 18.4 Å². The molecule has 0 amide bonds. The third-order valence-corrected chi connectivity index (χ3v) is 7.34. The van der Waals surface area contributed by atoms with Crippen LogP contribution in [0.5, 0.6) is 0 Å². The van der Waals surface area contributed by atoms with Crippen molar-refractivity contribution >= 4 is 31.6 Å². The quantitative estimate of drug-likeness (QED) is 0.349. The lowest BCUT2D eigenvalue weighted by Gasteiger charge is -2.25. The summed E-state index contributed by atoms with van der Waals surface area (Å²) in [5, 5.41) is -1.99. The number of hydrogen-bond acceptors (Lipinski definition) is 6. The number of sulfone groups is 1. The van der Waals surface area contributed by atoms with E-state index in [4.69, 9.17) is 16.2 Å². The van der Waals surface area contributed by atoms with Crippen LogP contribution in [0.15, 0.2) is 65.8 Å². The van der Waals surface area contributed by atoms with Gasteiger partial charge < -0.3 is 0 Å². The van der Waals surface area contributed by atoms with Crippen molar-refractivity contribution in [1.82, 2.24) is 9.97 Å². The minimum absolute atomic E-state index is 0.0345. The first-order valence-corrected chi connectivity index (χ1v) is 13.5. The highest BCUT2D eigenvalue weighted by atomic mass is 35.5. The normalized spacial score (nSPS) is 14.5. The lowest BCUT2D eigenvalue weighted by Crippen LogP contribution is -2.33. The lowest BCUT2D eigenvalue weighted by atomic mass is 9.93. The van der Waals surface area contributed by atoms with Gasteiger partial charge in [-0.2, -0.15) is 21.6 Å². The molecule has 182 valence electrons. The Hall–Kier alpha value is -2.54. The van der Waals surface area contributed by atoms with Crippen LogP contribution in [0.4, 0.5) is 13.2 Å². The van der Waals surface area contributed by atoms with Gasteiger partial charge in [-0.15, -0.1) is 11.6 Å². The van der Waals surface area contributed by atoms with Gasteiger partial charge >= 0.3 is 6.18 Å². The van der Waals surface area contributed by atoms with Crippen molar-refractivity contribution in [3.63, 3.8) is 0 Å². The molecule has 1 aromatic heterocycles. The molecule has 7 nitrogen and oxygen atoms in total. The first-order valence-electron chi connectivity index (χ1n) is 9.55. The summed E-state index contributed by atoms with van der Waals surface area (Å²) in [6.07, 6.45) is -3.05. The van der Waals surface area contributed by atoms with Crippen LogP contribution in [0.3, 0.4) is 0 Å². The number of benzene rings is 2. The van der Waals surface area contributed by atoms with Gasteiger partial charge in [-0.05, 0) is 17.7 Å². The molecule has 0 radical (unpaired) electrons. The van der Waals surface area contributed by atoms with Crippen LogP contribution in [-0.2, 0) is 20.0 Å². The SMILES string of the molecule is CS(=O)(=O)c1ccc(-c2ncnc(C(Cl)C(CS(=O)(=O)O)C(F)(F)F)c2-c2ccccc2)cc1. The molecule has 0 saturated carbocycles. The van der Waals surface area contributed by atoms with Gasteiger partial charge in [0, 0.05) is 17.4 Å². The van der Waals surface area contributed by atoms with Gasteiger partial charge in [0.25, 0.3) is 10.1 Å². The first-order chi connectivity index (χ1) is 15.7. The summed E-state index contributed by atoms with van der Waals surface area (Å²) in [4.78, 5) is 8.17. The van der Waals surface area contributed by atoms with E-state index in [1.165, 1.54) is 24.3 Å². The molecule has 1 heterocycles. The molecule has 0 saturated heterocycles. The van der Waals surface area contributed by atoms with E-state index >= 15 is 0 Å².